The molecule has 0 aliphatic heterocycles. The fraction of sp³-hybridized carbons (Fsp3) is 0.182. The van der Waals surface area contributed by atoms with E-state index in [2.05, 4.69) is 15.3 Å². The molecule has 0 unspecified atom stereocenters. The van der Waals surface area contributed by atoms with E-state index in [-0.39, 0.29) is 11.4 Å². The van der Waals surface area contributed by atoms with Gasteiger partial charge in [-0.25, -0.2) is 4.68 Å². The molecule has 1 aromatic carbocycles. The number of ether oxygens (including phenoxy) is 2. The molecule has 2 aromatic rings. The van der Waals surface area contributed by atoms with Crippen LogP contribution in [-0.2, 0) is 0 Å². The predicted octanol–water partition coefficient (Wildman–Crippen LogP) is 1.09. The molecule has 1 heterocycles. The van der Waals surface area contributed by atoms with Gasteiger partial charge in [-0.1, -0.05) is 0 Å². The lowest BCUT2D eigenvalue weighted by atomic mass is 10.1. The third-order valence-electron chi connectivity index (χ3n) is 2.46. The molecule has 0 amide bonds. The van der Waals surface area contributed by atoms with Crippen LogP contribution in [0.3, 0.4) is 0 Å². The van der Waals surface area contributed by atoms with Crippen molar-refractivity contribution >= 4 is 11.9 Å². The fourth-order valence-electron chi connectivity index (χ4n) is 1.53. The maximum absolute atomic E-state index is 11.0. The van der Waals surface area contributed by atoms with Gasteiger partial charge in [-0.3, -0.25) is 10.1 Å². The summed E-state index contributed by atoms with van der Waals surface area (Å²) in [5, 5.41) is 22.2. The molecule has 0 aliphatic carbocycles. The Morgan fingerprint density at radius 2 is 1.90 bits per heavy atom. The van der Waals surface area contributed by atoms with Crippen LogP contribution in [0.2, 0.25) is 0 Å². The zero-order valence-electron chi connectivity index (χ0n) is 10.8. The first-order valence-corrected chi connectivity index (χ1v) is 5.45. The van der Waals surface area contributed by atoms with E-state index in [4.69, 9.17) is 9.47 Å². The van der Waals surface area contributed by atoms with E-state index in [0.717, 1.165) is 0 Å². The van der Waals surface area contributed by atoms with Crippen molar-refractivity contribution in [3.8, 4) is 11.5 Å². The Kier molecular flexibility index (Phi) is 3.89. The van der Waals surface area contributed by atoms with E-state index < -0.39 is 4.92 Å². The van der Waals surface area contributed by atoms with Crippen molar-refractivity contribution in [1.82, 2.24) is 14.9 Å². The summed E-state index contributed by atoms with van der Waals surface area (Å²) in [5.41, 5.74) is 0.271. The average molecular weight is 277 g/mol. The van der Waals surface area contributed by atoms with Crippen LogP contribution in [-0.4, -0.2) is 40.2 Å². The topological polar surface area (TPSA) is 105 Å². The normalized spacial score (nSPS) is 10.7. The second-order valence-electron chi connectivity index (χ2n) is 3.61. The molecule has 104 valence electrons. The number of methoxy groups -OCH3 is 2. The van der Waals surface area contributed by atoms with Crippen molar-refractivity contribution in [2.75, 3.05) is 14.2 Å². The molecule has 0 fully saturated rings. The zero-order valence-corrected chi connectivity index (χ0v) is 10.8. The summed E-state index contributed by atoms with van der Waals surface area (Å²) in [7, 11) is 2.81. The van der Waals surface area contributed by atoms with Crippen LogP contribution in [0.25, 0.3) is 0 Å². The summed E-state index contributed by atoms with van der Waals surface area (Å²) < 4.78 is 11.5. The lowest BCUT2D eigenvalue weighted by molar-refractivity contribution is -0.385. The van der Waals surface area contributed by atoms with Crippen molar-refractivity contribution in [2.24, 2.45) is 5.10 Å². The molecule has 0 N–H and O–H groups in total. The van der Waals surface area contributed by atoms with E-state index in [1.807, 2.05) is 0 Å². The Bertz CT molecular complexity index is 639. The van der Waals surface area contributed by atoms with Crippen LogP contribution >= 0.6 is 0 Å². The Morgan fingerprint density at radius 3 is 2.45 bits per heavy atom. The highest BCUT2D eigenvalue weighted by molar-refractivity contribution is 5.85. The number of rotatable bonds is 5. The Balaban J connectivity index is 2.45. The Labute approximate surface area is 113 Å². The maximum Gasteiger partial charge on any atom is 0.311 e. The molecular formula is C11H11N5O4. The van der Waals surface area contributed by atoms with Crippen LogP contribution < -0.4 is 9.47 Å². The zero-order chi connectivity index (χ0) is 14.5. The number of nitrogens with zero attached hydrogens (tertiary/aromatic N) is 5. The molecule has 9 nitrogen and oxygen atoms in total. The first kappa shape index (κ1) is 13.5. The molecule has 0 saturated heterocycles. The molecule has 0 saturated carbocycles. The summed E-state index contributed by atoms with van der Waals surface area (Å²) in [5.74, 6) is 0.526. The molecule has 0 aliphatic rings. The van der Waals surface area contributed by atoms with E-state index in [0.29, 0.717) is 11.3 Å². The van der Waals surface area contributed by atoms with Crippen molar-refractivity contribution in [3.63, 3.8) is 0 Å². The smallest absolute Gasteiger partial charge is 0.311 e. The second-order valence-corrected chi connectivity index (χ2v) is 3.61. The molecular weight excluding hydrogens is 266 g/mol. The monoisotopic (exact) mass is 277 g/mol. The minimum absolute atomic E-state index is 0.119. The summed E-state index contributed by atoms with van der Waals surface area (Å²) in [4.78, 5) is 10.4. The van der Waals surface area contributed by atoms with Gasteiger partial charge >= 0.3 is 5.69 Å². The van der Waals surface area contributed by atoms with Gasteiger partial charge in [0.25, 0.3) is 0 Å². The highest BCUT2D eigenvalue weighted by Crippen LogP contribution is 2.33. The van der Waals surface area contributed by atoms with Gasteiger partial charge in [-0.2, -0.15) is 5.10 Å². The lowest BCUT2D eigenvalue weighted by Crippen LogP contribution is -1.99. The Hall–Kier alpha value is -2.97. The fourth-order valence-corrected chi connectivity index (χ4v) is 1.53. The van der Waals surface area contributed by atoms with Gasteiger partial charge < -0.3 is 9.47 Å². The lowest BCUT2D eigenvalue weighted by Gasteiger charge is -2.07. The number of benzene rings is 1. The largest absolute Gasteiger partial charge is 0.496 e. The highest BCUT2D eigenvalue weighted by atomic mass is 16.6. The van der Waals surface area contributed by atoms with E-state index >= 15 is 0 Å². The molecule has 0 spiro atoms. The SMILES string of the molecule is COc1cc(OC)c([N+](=O)[O-])cc1C=Nn1cnnc1. The predicted molar refractivity (Wildman–Crippen MR) is 69.2 cm³/mol. The van der Waals surface area contributed by atoms with Gasteiger partial charge in [-0.05, 0) is 0 Å². The second kappa shape index (κ2) is 5.78. The van der Waals surface area contributed by atoms with Gasteiger partial charge in [-0.15, -0.1) is 10.2 Å². The number of hydrogen-bond acceptors (Lipinski definition) is 7. The molecule has 1 aromatic heterocycles. The average Bonchev–Trinajstić information content (AvgIpc) is 2.97. The van der Waals surface area contributed by atoms with Gasteiger partial charge in [0.05, 0.1) is 25.4 Å². The van der Waals surface area contributed by atoms with Crippen LogP contribution in [0, 0.1) is 10.1 Å². The van der Waals surface area contributed by atoms with Gasteiger partial charge in [0.2, 0.25) is 5.75 Å². The molecule has 0 atom stereocenters. The van der Waals surface area contributed by atoms with Crippen molar-refractivity contribution < 1.29 is 14.4 Å². The maximum atomic E-state index is 11.0. The van der Waals surface area contributed by atoms with Crippen LogP contribution in [0.1, 0.15) is 5.56 Å². The minimum Gasteiger partial charge on any atom is -0.496 e. The third-order valence-corrected chi connectivity index (χ3v) is 2.46. The van der Waals surface area contributed by atoms with Gasteiger partial charge in [0.1, 0.15) is 18.4 Å². The first-order valence-electron chi connectivity index (χ1n) is 5.45. The Morgan fingerprint density at radius 1 is 1.25 bits per heavy atom. The van der Waals surface area contributed by atoms with E-state index in [1.165, 1.54) is 49.9 Å². The third kappa shape index (κ3) is 2.71. The van der Waals surface area contributed by atoms with Crippen LogP contribution in [0.15, 0.2) is 29.9 Å². The number of nitro groups is 1. The molecule has 9 heteroatoms. The summed E-state index contributed by atoms with van der Waals surface area (Å²) >= 11 is 0. The minimum atomic E-state index is -0.533. The van der Waals surface area contributed by atoms with Crippen molar-refractivity contribution in [2.45, 2.75) is 0 Å². The highest BCUT2D eigenvalue weighted by Gasteiger charge is 2.18. The van der Waals surface area contributed by atoms with Gasteiger partial charge in [0.15, 0.2) is 0 Å². The molecule has 2 rings (SSSR count). The van der Waals surface area contributed by atoms with E-state index in [9.17, 15) is 10.1 Å². The van der Waals surface area contributed by atoms with E-state index in [1.54, 1.807) is 0 Å². The standard InChI is InChI=1S/C11H11N5O4/c1-19-10-4-11(20-2)9(16(17)18)3-8(10)5-14-15-6-12-13-7-15/h3-7H,1-2H3. The van der Waals surface area contributed by atoms with Crippen molar-refractivity contribution in [3.05, 3.63) is 40.5 Å². The number of nitro benzene ring substituents is 1. The molecule has 0 radical (unpaired) electrons. The number of aromatic nitrogens is 3. The molecule has 20 heavy (non-hydrogen) atoms. The molecule has 0 bridgehead atoms. The number of hydrogen-bond donors (Lipinski definition) is 0. The first-order chi connectivity index (χ1) is 9.65. The van der Waals surface area contributed by atoms with Crippen LogP contribution in [0.5, 0.6) is 11.5 Å². The van der Waals surface area contributed by atoms with Crippen molar-refractivity contribution in [1.29, 1.82) is 0 Å². The quantitative estimate of drug-likeness (QED) is 0.460. The summed E-state index contributed by atoms with van der Waals surface area (Å²) in [6.07, 6.45) is 4.19. The van der Waals surface area contributed by atoms with Crippen LogP contribution in [0.4, 0.5) is 5.69 Å². The summed E-state index contributed by atoms with van der Waals surface area (Å²) in [6, 6.07) is 2.76. The van der Waals surface area contributed by atoms with Gasteiger partial charge in [0, 0.05) is 17.7 Å². The summed E-state index contributed by atoms with van der Waals surface area (Å²) in [6.45, 7) is 0.